The van der Waals surface area contributed by atoms with E-state index >= 15 is 0 Å². The van der Waals surface area contributed by atoms with Crippen molar-refractivity contribution < 1.29 is 28.9 Å². The van der Waals surface area contributed by atoms with E-state index in [1.54, 1.807) is 70.2 Å². The number of carbonyl (C=O) groups excluding carboxylic acids is 2. The standard InChI is InChI=1S/C31H38ClN3O7/c1-7-40-21-12-9-11-20(15-21)24(16-26(36)42-31(4,5)6)33-30(39)34-27-28(37)19(3)17-35(29(27)38)18-22-23(32)13-10-14-25(22)41-8-2/h9-15,17,24,37H,7-8,16,18H2,1-6H3,(H2,33,34,39)/t24-/m0/s1. The van der Waals surface area contributed by atoms with Crippen molar-refractivity contribution in [3.63, 3.8) is 0 Å². The van der Waals surface area contributed by atoms with Gasteiger partial charge in [-0.25, -0.2) is 4.79 Å². The van der Waals surface area contributed by atoms with Gasteiger partial charge >= 0.3 is 12.0 Å². The number of anilines is 1. The van der Waals surface area contributed by atoms with Crippen LogP contribution in [0.1, 0.15) is 63.8 Å². The summed E-state index contributed by atoms with van der Waals surface area (Å²) in [7, 11) is 0. The molecule has 2 aromatic carbocycles. The van der Waals surface area contributed by atoms with Gasteiger partial charge in [0.25, 0.3) is 5.56 Å². The molecule has 3 N–H and O–H groups in total. The number of ether oxygens (including phenoxy) is 3. The molecule has 1 heterocycles. The summed E-state index contributed by atoms with van der Waals surface area (Å²) in [6.07, 6.45) is 1.29. The van der Waals surface area contributed by atoms with E-state index in [4.69, 9.17) is 25.8 Å². The minimum absolute atomic E-state index is 0.0384. The second-order valence-corrected chi connectivity index (χ2v) is 11.0. The Morgan fingerprint density at radius 2 is 1.76 bits per heavy atom. The van der Waals surface area contributed by atoms with Crippen LogP contribution < -0.4 is 25.7 Å². The molecule has 0 radical (unpaired) electrons. The highest BCUT2D eigenvalue weighted by Gasteiger charge is 2.25. The van der Waals surface area contributed by atoms with Crippen LogP contribution in [-0.4, -0.2) is 40.5 Å². The number of benzene rings is 2. The number of pyridine rings is 1. The molecule has 0 saturated carbocycles. The number of amides is 2. The summed E-state index contributed by atoms with van der Waals surface area (Å²) in [6.45, 7) is 11.4. The Hall–Kier alpha value is -4.18. The lowest BCUT2D eigenvalue weighted by atomic mass is 10.0. The third-order valence-corrected chi connectivity index (χ3v) is 6.40. The van der Waals surface area contributed by atoms with Gasteiger partial charge in [-0.2, -0.15) is 0 Å². The quantitative estimate of drug-likeness (QED) is 0.232. The van der Waals surface area contributed by atoms with Crippen molar-refractivity contribution in [3.8, 4) is 17.2 Å². The van der Waals surface area contributed by atoms with Crippen LogP contribution in [0.5, 0.6) is 17.2 Å². The maximum absolute atomic E-state index is 13.5. The fourth-order valence-electron chi connectivity index (χ4n) is 4.28. The Labute approximate surface area is 250 Å². The Bertz CT molecular complexity index is 1480. The molecular weight excluding hydrogens is 562 g/mol. The molecule has 0 spiro atoms. The van der Waals surface area contributed by atoms with Crippen LogP contribution in [0.3, 0.4) is 0 Å². The van der Waals surface area contributed by atoms with Crippen LogP contribution in [0.25, 0.3) is 0 Å². The minimum Gasteiger partial charge on any atom is -0.505 e. The summed E-state index contributed by atoms with van der Waals surface area (Å²) in [4.78, 5) is 39.4. The van der Waals surface area contributed by atoms with Crippen molar-refractivity contribution in [1.29, 1.82) is 0 Å². The molecule has 0 fully saturated rings. The molecule has 11 heteroatoms. The fraction of sp³-hybridized carbons (Fsp3) is 0.387. The fourth-order valence-corrected chi connectivity index (χ4v) is 4.50. The number of halogens is 1. The second kappa shape index (κ2) is 14.1. The average Bonchev–Trinajstić information content (AvgIpc) is 2.90. The molecule has 3 rings (SSSR count). The lowest BCUT2D eigenvalue weighted by molar-refractivity contribution is -0.155. The van der Waals surface area contributed by atoms with Crippen LogP contribution in [0.4, 0.5) is 10.5 Å². The molecule has 0 aliphatic rings. The van der Waals surface area contributed by atoms with Gasteiger partial charge in [0.1, 0.15) is 22.8 Å². The van der Waals surface area contributed by atoms with Gasteiger partial charge in [0, 0.05) is 22.3 Å². The van der Waals surface area contributed by atoms with Crippen molar-refractivity contribution in [3.05, 3.63) is 80.7 Å². The van der Waals surface area contributed by atoms with Crippen molar-refractivity contribution in [2.75, 3.05) is 18.5 Å². The van der Waals surface area contributed by atoms with Gasteiger partial charge in [-0.05, 0) is 71.4 Å². The predicted octanol–water partition coefficient (Wildman–Crippen LogP) is 5.96. The monoisotopic (exact) mass is 599 g/mol. The molecule has 0 unspecified atom stereocenters. The lowest BCUT2D eigenvalue weighted by Crippen LogP contribution is -2.37. The Morgan fingerprint density at radius 1 is 1.07 bits per heavy atom. The van der Waals surface area contributed by atoms with Gasteiger partial charge in [-0.15, -0.1) is 0 Å². The summed E-state index contributed by atoms with van der Waals surface area (Å²) in [5.41, 5.74) is -0.178. The van der Waals surface area contributed by atoms with Gasteiger partial charge in [-0.1, -0.05) is 29.8 Å². The maximum atomic E-state index is 13.5. The highest BCUT2D eigenvalue weighted by atomic mass is 35.5. The van der Waals surface area contributed by atoms with Gasteiger partial charge in [0.05, 0.1) is 32.2 Å². The maximum Gasteiger partial charge on any atom is 0.319 e. The smallest absolute Gasteiger partial charge is 0.319 e. The normalized spacial score (nSPS) is 11.9. The number of rotatable bonds is 11. The molecule has 226 valence electrons. The summed E-state index contributed by atoms with van der Waals surface area (Å²) in [6, 6.07) is 10.5. The lowest BCUT2D eigenvalue weighted by Gasteiger charge is -2.24. The third kappa shape index (κ3) is 8.66. The Balaban J connectivity index is 1.92. The molecular formula is C31H38ClN3O7. The average molecular weight is 600 g/mol. The Morgan fingerprint density at radius 3 is 2.43 bits per heavy atom. The molecule has 10 nitrogen and oxygen atoms in total. The summed E-state index contributed by atoms with van der Waals surface area (Å²) >= 11 is 6.42. The molecule has 2 amide bonds. The zero-order chi connectivity index (χ0) is 31.0. The van der Waals surface area contributed by atoms with Crippen molar-refractivity contribution >= 4 is 29.3 Å². The number of esters is 1. The SMILES string of the molecule is CCOc1cccc([C@H](CC(=O)OC(C)(C)C)NC(=O)Nc2c(O)c(C)cn(Cc3c(Cl)cccc3OCC)c2=O)c1. The van der Waals surface area contributed by atoms with Crippen LogP contribution in [0.2, 0.25) is 5.02 Å². The first-order valence-electron chi connectivity index (χ1n) is 13.7. The van der Waals surface area contributed by atoms with Gasteiger partial charge in [0.2, 0.25) is 0 Å². The zero-order valence-corrected chi connectivity index (χ0v) is 25.5. The van der Waals surface area contributed by atoms with E-state index in [1.807, 2.05) is 13.8 Å². The number of carbonyl (C=O) groups is 2. The molecule has 0 saturated heterocycles. The highest BCUT2D eigenvalue weighted by molar-refractivity contribution is 6.31. The summed E-state index contributed by atoms with van der Waals surface area (Å²) in [5.74, 6) is 0.184. The number of aromatic nitrogens is 1. The largest absolute Gasteiger partial charge is 0.505 e. The van der Waals surface area contributed by atoms with Crippen molar-refractivity contribution in [2.45, 2.75) is 66.2 Å². The number of aromatic hydroxyl groups is 1. The number of aryl methyl sites for hydroxylation is 1. The predicted molar refractivity (Wildman–Crippen MR) is 162 cm³/mol. The minimum atomic E-state index is -0.827. The molecule has 0 aliphatic carbocycles. The first-order chi connectivity index (χ1) is 19.8. The van der Waals surface area contributed by atoms with Crippen LogP contribution in [0.15, 0.2) is 53.5 Å². The molecule has 1 aromatic heterocycles. The summed E-state index contributed by atoms with van der Waals surface area (Å²) in [5, 5.41) is 16.4. The van der Waals surface area contributed by atoms with E-state index in [0.29, 0.717) is 46.4 Å². The second-order valence-electron chi connectivity index (χ2n) is 10.6. The topological polar surface area (TPSA) is 128 Å². The van der Waals surface area contributed by atoms with Crippen molar-refractivity contribution in [1.82, 2.24) is 9.88 Å². The molecule has 1 atom stereocenters. The van der Waals surface area contributed by atoms with E-state index in [2.05, 4.69) is 10.6 Å². The van der Waals surface area contributed by atoms with E-state index < -0.39 is 29.2 Å². The van der Waals surface area contributed by atoms with Crippen molar-refractivity contribution in [2.24, 2.45) is 0 Å². The third-order valence-electron chi connectivity index (χ3n) is 6.04. The van der Waals surface area contributed by atoms with E-state index in [1.165, 1.54) is 10.8 Å². The summed E-state index contributed by atoms with van der Waals surface area (Å²) < 4.78 is 18.1. The van der Waals surface area contributed by atoms with E-state index in [-0.39, 0.29) is 24.4 Å². The number of hydrogen-bond donors (Lipinski definition) is 3. The van der Waals surface area contributed by atoms with Gasteiger partial charge in [-0.3, -0.25) is 9.59 Å². The van der Waals surface area contributed by atoms with Crippen LogP contribution in [0, 0.1) is 6.92 Å². The van der Waals surface area contributed by atoms with E-state index in [0.717, 1.165) is 0 Å². The number of nitrogens with one attached hydrogen (secondary N) is 2. The van der Waals surface area contributed by atoms with Gasteiger partial charge < -0.3 is 34.5 Å². The molecule has 3 aromatic rings. The van der Waals surface area contributed by atoms with Crippen LogP contribution in [-0.2, 0) is 16.1 Å². The first-order valence-corrected chi connectivity index (χ1v) is 14.1. The zero-order valence-electron chi connectivity index (χ0n) is 24.7. The molecule has 42 heavy (non-hydrogen) atoms. The van der Waals surface area contributed by atoms with E-state index in [9.17, 15) is 19.5 Å². The number of urea groups is 1. The van der Waals surface area contributed by atoms with Crippen LogP contribution >= 0.6 is 11.6 Å². The Kier molecular flexibility index (Phi) is 10.9. The number of hydrogen-bond acceptors (Lipinski definition) is 7. The van der Waals surface area contributed by atoms with Gasteiger partial charge in [0.15, 0.2) is 5.69 Å². The first kappa shape index (κ1) is 32.3. The number of nitrogens with zero attached hydrogens (tertiary/aromatic N) is 1. The molecule has 0 bridgehead atoms. The highest BCUT2D eigenvalue weighted by Crippen LogP contribution is 2.29. The molecule has 0 aliphatic heterocycles.